The molecule has 0 unspecified atom stereocenters. The minimum Gasteiger partial charge on any atom is -0.493 e. The Morgan fingerprint density at radius 3 is 2.65 bits per heavy atom. The molecule has 0 amide bonds. The Balaban J connectivity index is 1.67. The lowest BCUT2D eigenvalue weighted by atomic mass is 9.83. The lowest BCUT2D eigenvalue weighted by molar-refractivity contribution is -0.127. The van der Waals surface area contributed by atoms with Gasteiger partial charge in [0.1, 0.15) is 5.75 Å². The van der Waals surface area contributed by atoms with Gasteiger partial charge in [0.05, 0.1) is 12.2 Å². The van der Waals surface area contributed by atoms with Crippen LogP contribution in [-0.4, -0.2) is 41.8 Å². The summed E-state index contributed by atoms with van der Waals surface area (Å²) in [5.41, 5.74) is 1.96. The molecule has 1 saturated heterocycles. The van der Waals surface area contributed by atoms with Gasteiger partial charge in [-0.3, -0.25) is 4.90 Å². The third kappa shape index (κ3) is 3.53. The molecule has 0 atom stereocenters. The summed E-state index contributed by atoms with van der Waals surface area (Å²) in [7, 11) is 0. The van der Waals surface area contributed by atoms with Crippen molar-refractivity contribution in [1.82, 2.24) is 4.90 Å². The number of hydrogen-bond acceptors (Lipinski definition) is 3. The second-order valence-electron chi connectivity index (χ2n) is 6.44. The van der Waals surface area contributed by atoms with E-state index in [4.69, 9.17) is 4.74 Å². The van der Waals surface area contributed by atoms with Crippen molar-refractivity contribution >= 4 is 0 Å². The molecule has 0 bridgehead atoms. The number of benzene rings is 1. The number of likely N-dealkylation sites (tertiary alicyclic amines) is 1. The van der Waals surface area contributed by atoms with Crippen molar-refractivity contribution in [3.05, 3.63) is 29.3 Å². The molecule has 3 nitrogen and oxygen atoms in total. The Kier molecular flexibility index (Phi) is 4.71. The molecule has 0 spiro atoms. The van der Waals surface area contributed by atoms with Gasteiger partial charge in [0.25, 0.3) is 0 Å². The van der Waals surface area contributed by atoms with E-state index in [2.05, 4.69) is 50.8 Å². The molecule has 0 aliphatic carbocycles. The summed E-state index contributed by atoms with van der Waals surface area (Å²) in [5, 5.41) is 10.2. The van der Waals surface area contributed by atoms with Crippen molar-refractivity contribution < 1.29 is 9.84 Å². The summed E-state index contributed by atoms with van der Waals surface area (Å²) in [4.78, 5) is 2.30. The Hall–Kier alpha value is -1.06. The van der Waals surface area contributed by atoms with Gasteiger partial charge < -0.3 is 9.84 Å². The van der Waals surface area contributed by atoms with E-state index < -0.39 is 5.60 Å². The van der Waals surface area contributed by atoms with E-state index in [9.17, 15) is 5.11 Å². The molecule has 3 heteroatoms. The average Bonchev–Trinajstić information content (AvgIpc) is 2.35. The first-order valence-electron chi connectivity index (χ1n) is 7.55. The molecule has 1 aliphatic heterocycles. The molecular formula is C17H27NO2. The molecule has 0 aromatic heterocycles. The van der Waals surface area contributed by atoms with Gasteiger partial charge in [-0.25, -0.2) is 0 Å². The first-order valence-corrected chi connectivity index (χ1v) is 7.55. The van der Waals surface area contributed by atoms with Crippen LogP contribution in [0.1, 0.15) is 31.4 Å². The lowest BCUT2D eigenvalue weighted by Gasteiger charge is -2.49. The van der Waals surface area contributed by atoms with Crippen molar-refractivity contribution in [2.24, 2.45) is 5.92 Å². The van der Waals surface area contributed by atoms with Crippen LogP contribution in [0.4, 0.5) is 0 Å². The fourth-order valence-corrected chi connectivity index (χ4v) is 2.58. The Morgan fingerprint density at radius 2 is 2.00 bits per heavy atom. The quantitative estimate of drug-likeness (QED) is 0.812. The van der Waals surface area contributed by atoms with Crippen LogP contribution in [0, 0.1) is 19.8 Å². The fraction of sp³-hybridized carbons (Fsp3) is 0.647. The maximum atomic E-state index is 10.2. The van der Waals surface area contributed by atoms with E-state index in [1.54, 1.807) is 0 Å². The number of aryl methyl sites for hydroxylation is 2. The second-order valence-corrected chi connectivity index (χ2v) is 6.44. The number of hydrogen-bond donors (Lipinski definition) is 1. The molecule has 1 N–H and O–H groups in total. The first kappa shape index (κ1) is 15.3. The monoisotopic (exact) mass is 277 g/mol. The van der Waals surface area contributed by atoms with Gasteiger partial charge in [-0.05, 0) is 43.4 Å². The number of aliphatic hydroxyl groups is 1. The zero-order chi connectivity index (χ0) is 14.8. The van der Waals surface area contributed by atoms with Crippen LogP contribution in [0.3, 0.4) is 0 Å². The van der Waals surface area contributed by atoms with Crippen LogP contribution in [0.5, 0.6) is 5.75 Å². The third-order valence-electron chi connectivity index (χ3n) is 4.29. The van der Waals surface area contributed by atoms with E-state index in [1.807, 2.05) is 0 Å². The average molecular weight is 277 g/mol. The molecule has 2 rings (SSSR count). The summed E-state index contributed by atoms with van der Waals surface area (Å²) in [6.07, 6.45) is 1.00. The fourth-order valence-electron chi connectivity index (χ4n) is 2.58. The Morgan fingerprint density at radius 1 is 1.30 bits per heavy atom. The molecule has 1 aromatic rings. The van der Waals surface area contributed by atoms with Gasteiger partial charge in [-0.15, -0.1) is 0 Å². The summed E-state index contributed by atoms with van der Waals surface area (Å²) < 4.78 is 5.85. The Bertz CT molecular complexity index is 450. The SMILES string of the molecule is Cc1ccc(C)c(OCCCN2CC(O)(C(C)C)C2)c1. The molecule has 1 aliphatic rings. The molecule has 0 saturated carbocycles. The van der Waals surface area contributed by atoms with Gasteiger partial charge in [-0.2, -0.15) is 0 Å². The normalized spacial score (nSPS) is 18.1. The van der Waals surface area contributed by atoms with E-state index in [0.717, 1.165) is 38.4 Å². The lowest BCUT2D eigenvalue weighted by Crippen LogP contribution is -2.64. The second kappa shape index (κ2) is 6.15. The standard InChI is InChI=1S/C17H27NO2/c1-13(2)17(19)11-18(12-17)8-5-9-20-16-10-14(3)6-7-15(16)4/h6-7,10,13,19H,5,8-9,11-12H2,1-4H3. The molecular weight excluding hydrogens is 250 g/mol. The molecule has 1 aromatic carbocycles. The molecule has 112 valence electrons. The summed E-state index contributed by atoms with van der Waals surface area (Å²) in [5.74, 6) is 1.33. The number of ether oxygens (including phenoxy) is 1. The van der Waals surface area contributed by atoms with Gasteiger partial charge in [0, 0.05) is 19.6 Å². The highest BCUT2D eigenvalue weighted by Gasteiger charge is 2.42. The zero-order valence-corrected chi connectivity index (χ0v) is 13.1. The van der Waals surface area contributed by atoms with Crippen LogP contribution in [0.15, 0.2) is 18.2 Å². The van der Waals surface area contributed by atoms with Crippen LogP contribution in [0.25, 0.3) is 0 Å². The summed E-state index contributed by atoms with van der Waals surface area (Å²) >= 11 is 0. The molecule has 1 fully saturated rings. The van der Waals surface area contributed by atoms with Crippen LogP contribution >= 0.6 is 0 Å². The van der Waals surface area contributed by atoms with Gasteiger partial charge in [-0.1, -0.05) is 26.0 Å². The largest absolute Gasteiger partial charge is 0.493 e. The van der Waals surface area contributed by atoms with Crippen molar-refractivity contribution in [3.63, 3.8) is 0 Å². The minimum atomic E-state index is -0.464. The van der Waals surface area contributed by atoms with E-state index in [1.165, 1.54) is 11.1 Å². The number of nitrogens with zero attached hydrogens (tertiary/aromatic N) is 1. The van der Waals surface area contributed by atoms with Crippen molar-refractivity contribution in [1.29, 1.82) is 0 Å². The smallest absolute Gasteiger partial charge is 0.122 e. The third-order valence-corrected chi connectivity index (χ3v) is 4.29. The molecule has 0 radical (unpaired) electrons. The Labute approximate surface area is 122 Å². The van der Waals surface area contributed by atoms with Crippen LogP contribution in [0.2, 0.25) is 0 Å². The highest BCUT2D eigenvalue weighted by molar-refractivity contribution is 5.35. The maximum Gasteiger partial charge on any atom is 0.122 e. The van der Waals surface area contributed by atoms with Gasteiger partial charge in [0.15, 0.2) is 0 Å². The highest BCUT2D eigenvalue weighted by atomic mass is 16.5. The van der Waals surface area contributed by atoms with Crippen LogP contribution in [-0.2, 0) is 0 Å². The van der Waals surface area contributed by atoms with E-state index >= 15 is 0 Å². The van der Waals surface area contributed by atoms with E-state index in [-0.39, 0.29) is 0 Å². The van der Waals surface area contributed by atoms with Crippen LogP contribution < -0.4 is 4.74 Å². The molecule has 20 heavy (non-hydrogen) atoms. The highest BCUT2D eigenvalue weighted by Crippen LogP contribution is 2.28. The molecule has 1 heterocycles. The van der Waals surface area contributed by atoms with E-state index in [0.29, 0.717) is 5.92 Å². The first-order chi connectivity index (χ1) is 9.40. The number of rotatable bonds is 6. The number of β-amino-alcohol motifs (C(OH)–C–C–N with tert-alkyl or cyclic N) is 1. The predicted octanol–water partition coefficient (Wildman–Crippen LogP) is 2.78. The van der Waals surface area contributed by atoms with Gasteiger partial charge in [0.2, 0.25) is 0 Å². The minimum absolute atomic E-state index is 0.338. The summed E-state index contributed by atoms with van der Waals surface area (Å²) in [6.45, 7) is 11.7. The van der Waals surface area contributed by atoms with Crippen molar-refractivity contribution in [2.45, 2.75) is 39.7 Å². The predicted molar refractivity (Wildman–Crippen MR) is 82.3 cm³/mol. The summed E-state index contributed by atoms with van der Waals surface area (Å²) in [6, 6.07) is 6.30. The van der Waals surface area contributed by atoms with Gasteiger partial charge >= 0.3 is 0 Å². The van der Waals surface area contributed by atoms with Crippen molar-refractivity contribution in [2.75, 3.05) is 26.2 Å². The zero-order valence-electron chi connectivity index (χ0n) is 13.1. The topological polar surface area (TPSA) is 32.7 Å². The maximum absolute atomic E-state index is 10.2. The van der Waals surface area contributed by atoms with Crippen molar-refractivity contribution in [3.8, 4) is 5.75 Å².